The van der Waals surface area contributed by atoms with Crippen molar-refractivity contribution in [1.29, 1.82) is 0 Å². The van der Waals surface area contributed by atoms with Crippen molar-refractivity contribution in [3.05, 3.63) is 107 Å². The number of anilines is 1. The number of hydrogen-bond acceptors (Lipinski definition) is 3. The zero-order valence-corrected chi connectivity index (χ0v) is 19.7. The topological polar surface area (TPSA) is 66.5 Å². The highest BCUT2D eigenvalue weighted by atomic mass is 35.5. The highest BCUT2D eigenvalue weighted by molar-refractivity contribution is 7.89. The molecule has 0 radical (unpaired) electrons. The first-order valence-electron chi connectivity index (χ1n) is 10.1. The number of nitrogens with one attached hydrogen (secondary N) is 1. The van der Waals surface area contributed by atoms with Gasteiger partial charge in [0.25, 0.3) is 0 Å². The molecule has 0 heterocycles. The Morgan fingerprint density at radius 2 is 1.52 bits per heavy atom. The second-order valence-corrected chi connectivity index (χ2v) is 10.2. The van der Waals surface area contributed by atoms with Gasteiger partial charge in [0.2, 0.25) is 15.9 Å². The van der Waals surface area contributed by atoms with Crippen LogP contribution in [0.2, 0.25) is 10.0 Å². The SMILES string of the molecule is O=C(CN(Cc1cccc(Cl)c1)S(=O)(=O)c1ccc(Cl)cc1)Nc1cccc2ccccc12. The van der Waals surface area contributed by atoms with Gasteiger partial charge in [0.15, 0.2) is 0 Å². The molecule has 0 saturated carbocycles. The summed E-state index contributed by atoms with van der Waals surface area (Å²) in [6.07, 6.45) is 0. The summed E-state index contributed by atoms with van der Waals surface area (Å²) in [6.45, 7) is -0.394. The van der Waals surface area contributed by atoms with Crippen molar-refractivity contribution in [1.82, 2.24) is 4.31 Å². The maximum atomic E-state index is 13.4. The van der Waals surface area contributed by atoms with Gasteiger partial charge in [0, 0.05) is 27.7 Å². The summed E-state index contributed by atoms with van der Waals surface area (Å²) in [5.74, 6) is -0.453. The summed E-state index contributed by atoms with van der Waals surface area (Å²) in [5, 5.41) is 5.60. The van der Waals surface area contributed by atoms with E-state index >= 15 is 0 Å². The van der Waals surface area contributed by atoms with Crippen LogP contribution in [0, 0.1) is 0 Å². The number of nitrogens with zero attached hydrogens (tertiary/aromatic N) is 1. The Morgan fingerprint density at radius 3 is 2.27 bits per heavy atom. The van der Waals surface area contributed by atoms with Gasteiger partial charge in [-0.3, -0.25) is 4.79 Å². The lowest BCUT2D eigenvalue weighted by atomic mass is 10.1. The Hall–Kier alpha value is -2.90. The van der Waals surface area contributed by atoms with Crippen molar-refractivity contribution < 1.29 is 13.2 Å². The van der Waals surface area contributed by atoms with Crippen LogP contribution in [-0.2, 0) is 21.4 Å². The molecule has 0 aliphatic heterocycles. The molecule has 5 nitrogen and oxygen atoms in total. The predicted molar refractivity (Wildman–Crippen MR) is 133 cm³/mol. The third-order valence-electron chi connectivity index (χ3n) is 5.08. The lowest BCUT2D eigenvalue weighted by Crippen LogP contribution is -2.37. The molecule has 168 valence electrons. The van der Waals surface area contributed by atoms with Gasteiger partial charge in [-0.2, -0.15) is 4.31 Å². The van der Waals surface area contributed by atoms with Crippen LogP contribution in [0.25, 0.3) is 10.8 Å². The minimum atomic E-state index is -3.99. The summed E-state index contributed by atoms with van der Waals surface area (Å²) in [5.41, 5.74) is 1.28. The van der Waals surface area contributed by atoms with Crippen molar-refractivity contribution >= 4 is 55.6 Å². The zero-order valence-electron chi connectivity index (χ0n) is 17.4. The molecule has 0 fully saturated rings. The lowest BCUT2D eigenvalue weighted by Gasteiger charge is -2.22. The molecule has 1 N–H and O–H groups in total. The number of hydrogen-bond donors (Lipinski definition) is 1. The van der Waals surface area contributed by atoms with Crippen LogP contribution in [0.3, 0.4) is 0 Å². The molecule has 4 rings (SSSR count). The Morgan fingerprint density at radius 1 is 0.818 bits per heavy atom. The summed E-state index contributed by atoms with van der Waals surface area (Å²) in [4.78, 5) is 13.0. The molecule has 0 atom stereocenters. The van der Waals surface area contributed by atoms with Gasteiger partial charge in [-0.15, -0.1) is 0 Å². The summed E-state index contributed by atoms with van der Waals surface area (Å²) >= 11 is 12.0. The molecule has 1 amide bonds. The maximum Gasteiger partial charge on any atom is 0.243 e. The maximum absolute atomic E-state index is 13.4. The number of benzene rings is 4. The van der Waals surface area contributed by atoms with E-state index in [2.05, 4.69) is 5.32 Å². The molecule has 0 bridgehead atoms. The lowest BCUT2D eigenvalue weighted by molar-refractivity contribution is -0.116. The first-order valence-corrected chi connectivity index (χ1v) is 12.3. The van der Waals surface area contributed by atoms with E-state index in [1.807, 2.05) is 36.4 Å². The first-order chi connectivity index (χ1) is 15.8. The molecule has 33 heavy (non-hydrogen) atoms. The second kappa shape index (κ2) is 9.93. The second-order valence-electron chi connectivity index (χ2n) is 7.43. The quantitative estimate of drug-likeness (QED) is 0.341. The van der Waals surface area contributed by atoms with Crippen LogP contribution in [0.4, 0.5) is 5.69 Å². The Labute approximate surface area is 202 Å². The molecule has 0 aliphatic rings. The number of carbonyl (C=O) groups excluding carboxylic acids is 1. The van der Waals surface area contributed by atoms with E-state index in [9.17, 15) is 13.2 Å². The number of amides is 1. The average Bonchev–Trinajstić information content (AvgIpc) is 2.79. The number of halogens is 2. The van der Waals surface area contributed by atoms with Crippen LogP contribution in [0.5, 0.6) is 0 Å². The fourth-order valence-corrected chi connectivity index (χ4v) is 5.23. The van der Waals surface area contributed by atoms with Crippen molar-refractivity contribution in [3.63, 3.8) is 0 Å². The van der Waals surface area contributed by atoms with Crippen LogP contribution < -0.4 is 5.32 Å². The van der Waals surface area contributed by atoms with E-state index in [4.69, 9.17) is 23.2 Å². The number of carbonyl (C=O) groups is 1. The molecule has 0 spiro atoms. The Bertz CT molecular complexity index is 1400. The van der Waals surface area contributed by atoms with Gasteiger partial charge >= 0.3 is 0 Å². The highest BCUT2D eigenvalue weighted by Crippen LogP contribution is 2.24. The molecule has 0 saturated heterocycles. The van der Waals surface area contributed by atoms with E-state index < -0.39 is 15.9 Å². The molecule has 0 unspecified atom stereocenters. The van der Waals surface area contributed by atoms with Crippen LogP contribution in [0.1, 0.15) is 5.56 Å². The molecular weight excluding hydrogens is 479 g/mol. The van der Waals surface area contributed by atoms with Gasteiger partial charge in [-0.25, -0.2) is 8.42 Å². The highest BCUT2D eigenvalue weighted by Gasteiger charge is 2.27. The van der Waals surface area contributed by atoms with Crippen LogP contribution in [-0.4, -0.2) is 25.2 Å². The monoisotopic (exact) mass is 498 g/mol. The largest absolute Gasteiger partial charge is 0.324 e. The molecular formula is C25H20Cl2N2O3S. The number of rotatable bonds is 7. The summed E-state index contributed by atoms with van der Waals surface area (Å²) in [7, 11) is -3.99. The predicted octanol–water partition coefficient (Wildman–Crippen LogP) is 5.98. The van der Waals surface area contributed by atoms with Crippen molar-refractivity contribution in [3.8, 4) is 0 Å². The Balaban J connectivity index is 1.63. The van der Waals surface area contributed by atoms with E-state index in [0.717, 1.165) is 15.1 Å². The van der Waals surface area contributed by atoms with Gasteiger partial charge in [-0.05, 0) is 53.4 Å². The van der Waals surface area contributed by atoms with Gasteiger partial charge in [-0.1, -0.05) is 71.7 Å². The standard InChI is InChI=1S/C25H20Cl2N2O3S/c26-20-11-13-22(14-12-20)33(31,32)29(16-18-5-3-8-21(27)15-18)17-25(30)28-24-10-4-7-19-6-1-2-9-23(19)24/h1-15H,16-17H2,(H,28,30). The van der Waals surface area contributed by atoms with E-state index in [1.54, 1.807) is 30.3 Å². The molecule has 8 heteroatoms. The third kappa shape index (κ3) is 5.54. The zero-order chi connectivity index (χ0) is 23.4. The fourth-order valence-electron chi connectivity index (χ4n) is 3.50. The average molecular weight is 499 g/mol. The molecule has 0 aromatic heterocycles. The number of fused-ring (bicyclic) bond motifs is 1. The first kappa shape index (κ1) is 23.3. The molecule has 4 aromatic rings. The van der Waals surface area contributed by atoms with Crippen LogP contribution in [0.15, 0.2) is 95.9 Å². The summed E-state index contributed by atoms with van der Waals surface area (Å²) in [6, 6.07) is 25.9. The van der Waals surface area contributed by atoms with Crippen molar-refractivity contribution in [2.75, 3.05) is 11.9 Å². The van der Waals surface area contributed by atoms with Crippen LogP contribution >= 0.6 is 23.2 Å². The van der Waals surface area contributed by atoms with Gasteiger partial charge in [0.05, 0.1) is 11.4 Å². The fraction of sp³-hybridized carbons (Fsp3) is 0.0800. The van der Waals surface area contributed by atoms with Crippen molar-refractivity contribution in [2.45, 2.75) is 11.4 Å². The van der Waals surface area contributed by atoms with Gasteiger partial charge < -0.3 is 5.32 Å². The summed E-state index contributed by atoms with van der Waals surface area (Å²) < 4.78 is 27.9. The van der Waals surface area contributed by atoms with E-state index in [1.165, 1.54) is 24.3 Å². The molecule has 4 aromatic carbocycles. The van der Waals surface area contributed by atoms with E-state index in [0.29, 0.717) is 21.3 Å². The Kier molecular flexibility index (Phi) is 7.00. The minimum absolute atomic E-state index is 0.0194. The molecule has 0 aliphatic carbocycles. The van der Waals surface area contributed by atoms with E-state index in [-0.39, 0.29) is 18.0 Å². The van der Waals surface area contributed by atoms with Gasteiger partial charge in [0.1, 0.15) is 0 Å². The van der Waals surface area contributed by atoms with Crippen molar-refractivity contribution in [2.24, 2.45) is 0 Å². The number of sulfonamides is 1. The smallest absolute Gasteiger partial charge is 0.243 e. The third-order valence-corrected chi connectivity index (χ3v) is 7.38. The minimum Gasteiger partial charge on any atom is -0.324 e. The normalized spacial score (nSPS) is 11.6.